The number of rotatable bonds is 3. The highest BCUT2D eigenvalue weighted by Gasteiger charge is 2.15. The first-order valence-corrected chi connectivity index (χ1v) is 5.53. The van der Waals surface area contributed by atoms with E-state index >= 15 is 0 Å². The van der Waals surface area contributed by atoms with E-state index < -0.39 is 17.4 Å². The van der Waals surface area contributed by atoms with Crippen molar-refractivity contribution in [3.63, 3.8) is 0 Å². The maximum absolute atomic E-state index is 13.3. The van der Waals surface area contributed by atoms with Crippen LogP contribution in [0.4, 0.5) is 8.78 Å². The van der Waals surface area contributed by atoms with Crippen molar-refractivity contribution in [1.82, 2.24) is 4.98 Å². The minimum Gasteiger partial charge on any atom is -0.292 e. The van der Waals surface area contributed by atoms with Gasteiger partial charge in [0.2, 0.25) is 0 Å². The number of benzene rings is 1. The normalized spacial score (nSPS) is 10.4. The van der Waals surface area contributed by atoms with E-state index in [1.165, 1.54) is 24.4 Å². The number of aromatic nitrogens is 1. The fourth-order valence-electron chi connectivity index (χ4n) is 1.53. The third-order valence-corrected chi connectivity index (χ3v) is 2.75. The number of halogens is 3. The van der Waals surface area contributed by atoms with Crippen LogP contribution in [0.1, 0.15) is 16.1 Å². The van der Waals surface area contributed by atoms with Crippen molar-refractivity contribution in [2.45, 2.75) is 6.42 Å². The number of Topliss-reactive ketones (excluding diaryl/α,β-unsaturated/α-hetero) is 1. The number of nitrogens with zero attached hydrogens (tertiary/aromatic N) is 1. The van der Waals surface area contributed by atoms with Crippen molar-refractivity contribution in [1.29, 1.82) is 0 Å². The van der Waals surface area contributed by atoms with Gasteiger partial charge in [0.1, 0.15) is 11.5 Å². The van der Waals surface area contributed by atoms with Gasteiger partial charge in [0.15, 0.2) is 11.6 Å². The van der Waals surface area contributed by atoms with Crippen LogP contribution in [0.5, 0.6) is 0 Å². The van der Waals surface area contributed by atoms with Crippen LogP contribution in [0.2, 0.25) is 5.02 Å². The number of pyridine rings is 1. The first kappa shape index (κ1) is 12.6. The molecular formula is C13H8ClF2NO. The van der Waals surface area contributed by atoms with Gasteiger partial charge in [-0.15, -0.1) is 0 Å². The van der Waals surface area contributed by atoms with E-state index in [4.69, 9.17) is 11.6 Å². The highest BCUT2D eigenvalue weighted by molar-refractivity contribution is 6.31. The van der Waals surface area contributed by atoms with Gasteiger partial charge in [0, 0.05) is 17.6 Å². The molecule has 0 bridgehead atoms. The molecule has 0 unspecified atom stereocenters. The Morgan fingerprint density at radius 2 is 2.06 bits per heavy atom. The lowest BCUT2D eigenvalue weighted by molar-refractivity contribution is 0.0984. The minimum atomic E-state index is -0.699. The van der Waals surface area contributed by atoms with Crippen molar-refractivity contribution < 1.29 is 13.6 Å². The van der Waals surface area contributed by atoms with Gasteiger partial charge >= 0.3 is 0 Å². The van der Waals surface area contributed by atoms with Crippen LogP contribution >= 0.6 is 11.6 Å². The zero-order valence-corrected chi connectivity index (χ0v) is 9.92. The van der Waals surface area contributed by atoms with Gasteiger partial charge < -0.3 is 0 Å². The molecule has 0 amide bonds. The minimum absolute atomic E-state index is 0.190. The lowest BCUT2D eigenvalue weighted by Gasteiger charge is -2.04. The highest BCUT2D eigenvalue weighted by atomic mass is 35.5. The molecule has 0 aliphatic heterocycles. The molecule has 0 atom stereocenters. The summed E-state index contributed by atoms with van der Waals surface area (Å²) in [6.45, 7) is 0. The summed E-state index contributed by atoms with van der Waals surface area (Å²) in [6.07, 6.45) is 1.13. The quantitative estimate of drug-likeness (QED) is 0.798. The molecule has 0 saturated heterocycles. The van der Waals surface area contributed by atoms with E-state index in [2.05, 4.69) is 4.98 Å². The standard InChI is InChI=1S/C13H8ClF2NO/c14-10-4-3-9(15)6-8(10)7-12(18)13-11(16)2-1-5-17-13/h1-6H,7H2. The van der Waals surface area contributed by atoms with Crippen molar-refractivity contribution in [2.24, 2.45) is 0 Å². The summed E-state index contributed by atoms with van der Waals surface area (Å²) in [5.74, 6) is -1.74. The SMILES string of the molecule is O=C(Cc1cc(F)ccc1Cl)c1ncccc1F. The molecule has 18 heavy (non-hydrogen) atoms. The number of ketones is 1. The maximum atomic E-state index is 13.3. The number of hydrogen-bond donors (Lipinski definition) is 0. The van der Waals surface area contributed by atoms with Crippen LogP contribution < -0.4 is 0 Å². The van der Waals surface area contributed by atoms with E-state index in [-0.39, 0.29) is 17.1 Å². The van der Waals surface area contributed by atoms with Crippen LogP contribution in [0, 0.1) is 11.6 Å². The summed E-state index contributed by atoms with van der Waals surface area (Å²) in [7, 11) is 0. The van der Waals surface area contributed by atoms with Crippen molar-refractivity contribution in [3.8, 4) is 0 Å². The average molecular weight is 268 g/mol. The molecule has 2 aromatic rings. The van der Waals surface area contributed by atoms with Crippen LogP contribution in [0.3, 0.4) is 0 Å². The first-order valence-electron chi connectivity index (χ1n) is 5.15. The number of carbonyl (C=O) groups excluding carboxylic acids is 1. The van der Waals surface area contributed by atoms with E-state index in [0.717, 1.165) is 12.1 Å². The fraction of sp³-hybridized carbons (Fsp3) is 0.0769. The third-order valence-electron chi connectivity index (χ3n) is 2.38. The summed E-state index contributed by atoms with van der Waals surface area (Å²) in [4.78, 5) is 15.5. The Labute approximate surface area is 107 Å². The largest absolute Gasteiger partial charge is 0.292 e. The maximum Gasteiger partial charge on any atom is 0.188 e. The molecule has 1 aromatic carbocycles. The lowest BCUT2D eigenvalue weighted by atomic mass is 10.1. The molecule has 1 aromatic heterocycles. The van der Waals surface area contributed by atoms with Crippen molar-refractivity contribution >= 4 is 17.4 Å². The summed E-state index contributed by atoms with van der Waals surface area (Å²) < 4.78 is 26.4. The second-order valence-electron chi connectivity index (χ2n) is 3.67. The zero-order chi connectivity index (χ0) is 13.1. The Hall–Kier alpha value is -1.81. The van der Waals surface area contributed by atoms with Gasteiger partial charge in [-0.2, -0.15) is 0 Å². The van der Waals surface area contributed by atoms with E-state index in [1.807, 2.05) is 0 Å². The fourth-order valence-corrected chi connectivity index (χ4v) is 1.71. The van der Waals surface area contributed by atoms with Crippen molar-refractivity contribution in [3.05, 3.63) is 64.4 Å². The molecule has 0 spiro atoms. The van der Waals surface area contributed by atoms with Gasteiger partial charge in [-0.3, -0.25) is 9.78 Å². The molecule has 1 heterocycles. The number of carbonyl (C=O) groups is 1. The second kappa shape index (κ2) is 5.23. The molecule has 92 valence electrons. The summed E-state index contributed by atoms with van der Waals surface area (Å²) in [6, 6.07) is 6.24. The van der Waals surface area contributed by atoms with Crippen LogP contribution in [0.15, 0.2) is 36.5 Å². The van der Waals surface area contributed by atoms with E-state index in [9.17, 15) is 13.6 Å². The van der Waals surface area contributed by atoms with Crippen LogP contribution in [-0.4, -0.2) is 10.8 Å². The Kier molecular flexibility index (Phi) is 3.67. The molecule has 0 aliphatic carbocycles. The van der Waals surface area contributed by atoms with Gasteiger partial charge in [-0.05, 0) is 35.9 Å². The molecule has 0 fully saturated rings. The number of hydrogen-bond acceptors (Lipinski definition) is 2. The molecule has 0 saturated carbocycles. The van der Waals surface area contributed by atoms with Crippen LogP contribution in [0.25, 0.3) is 0 Å². The molecular weight excluding hydrogens is 260 g/mol. The zero-order valence-electron chi connectivity index (χ0n) is 9.16. The van der Waals surface area contributed by atoms with E-state index in [0.29, 0.717) is 5.56 Å². The van der Waals surface area contributed by atoms with Gasteiger partial charge in [-0.25, -0.2) is 8.78 Å². The summed E-state index contributed by atoms with van der Waals surface area (Å²) >= 11 is 5.83. The molecule has 5 heteroatoms. The first-order chi connectivity index (χ1) is 8.58. The molecule has 2 rings (SSSR count). The Morgan fingerprint density at radius 3 is 2.78 bits per heavy atom. The van der Waals surface area contributed by atoms with Crippen LogP contribution in [-0.2, 0) is 6.42 Å². The topological polar surface area (TPSA) is 30.0 Å². The predicted octanol–water partition coefficient (Wildman–Crippen LogP) is 3.44. The van der Waals surface area contributed by atoms with Gasteiger partial charge in [0.25, 0.3) is 0 Å². The Morgan fingerprint density at radius 1 is 1.28 bits per heavy atom. The molecule has 0 radical (unpaired) electrons. The average Bonchev–Trinajstić information content (AvgIpc) is 2.34. The predicted molar refractivity (Wildman–Crippen MR) is 63.6 cm³/mol. The van der Waals surface area contributed by atoms with E-state index in [1.54, 1.807) is 0 Å². The molecule has 2 nitrogen and oxygen atoms in total. The van der Waals surface area contributed by atoms with Gasteiger partial charge in [-0.1, -0.05) is 11.6 Å². The Balaban J connectivity index is 2.27. The lowest BCUT2D eigenvalue weighted by Crippen LogP contribution is -2.09. The Bertz CT molecular complexity index is 601. The highest BCUT2D eigenvalue weighted by Crippen LogP contribution is 2.19. The summed E-state index contributed by atoms with van der Waals surface area (Å²) in [5, 5.41) is 0.265. The monoisotopic (exact) mass is 267 g/mol. The smallest absolute Gasteiger partial charge is 0.188 e. The third kappa shape index (κ3) is 2.71. The molecule has 0 aliphatic rings. The molecule has 0 N–H and O–H groups in total. The van der Waals surface area contributed by atoms with Crippen molar-refractivity contribution in [2.75, 3.05) is 0 Å². The summed E-state index contributed by atoms with van der Waals surface area (Å²) in [5.41, 5.74) is 0.0459. The second-order valence-corrected chi connectivity index (χ2v) is 4.08. The van der Waals surface area contributed by atoms with Gasteiger partial charge in [0.05, 0.1) is 0 Å².